The van der Waals surface area contributed by atoms with E-state index in [1.165, 1.54) is 23.3 Å². The van der Waals surface area contributed by atoms with Crippen LogP contribution in [0.4, 0.5) is 10.7 Å². The molecule has 0 spiro atoms. The minimum atomic E-state index is -1.07. The van der Waals surface area contributed by atoms with E-state index >= 15 is 0 Å². The van der Waals surface area contributed by atoms with Crippen LogP contribution in [0.3, 0.4) is 0 Å². The van der Waals surface area contributed by atoms with Gasteiger partial charge in [-0.1, -0.05) is 54.9 Å². The first-order valence-corrected chi connectivity index (χ1v) is 15.6. The molecule has 10 heteroatoms. The number of amides is 2. The fourth-order valence-electron chi connectivity index (χ4n) is 6.45. The molecular weight excluding hydrogens is 620 g/mol. The average molecular weight is 654 g/mol. The lowest BCUT2D eigenvalue weighted by atomic mass is 9.72. The number of methoxy groups -OCH3 is 2. The van der Waals surface area contributed by atoms with E-state index in [1.54, 1.807) is 12.2 Å². The number of nitrogens with zero attached hydrogens (tertiary/aromatic N) is 2. The zero-order valence-electron chi connectivity index (χ0n) is 24.2. The molecule has 42 heavy (non-hydrogen) atoms. The number of benzene rings is 2. The summed E-state index contributed by atoms with van der Waals surface area (Å²) < 4.78 is 11.7. The molecule has 0 saturated carbocycles. The normalized spacial score (nSPS) is 23.7. The van der Waals surface area contributed by atoms with E-state index in [0.717, 1.165) is 27.8 Å². The first-order chi connectivity index (χ1) is 20.0. The lowest BCUT2D eigenvalue weighted by molar-refractivity contribution is -0.126. The van der Waals surface area contributed by atoms with Crippen molar-refractivity contribution >= 4 is 55.7 Å². The molecule has 3 aliphatic rings. The van der Waals surface area contributed by atoms with Crippen molar-refractivity contribution in [2.45, 2.75) is 52.2 Å². The lowest BCUT2D eigenvalue weighted by Crippen LogP contribution is -2.37. The van der Waals surface area contributed by atoms with E-state index in [9.17, 15) is 14.4 Å². The van der Waals surface area contributed by atoms with Gasteiger partial charge in [-0.15, -0.1) is 11.3 Å². The third-order valence-electron chi connectivity index (χ3n) is 8.70. The Kier molecular flexibility index (Phi) is 7.43. The van der Waals surface area contributed by atoms with Gasteiger partial charge in [0, 0.05) is 14.9 Å². The molecule has 1 aromatic heterocycles. The molecule has 8 nitrogen and oxygen atoms in total. The number of halogens is 1. The third-order valence-corrected chi connectivity index (χ3v) is 10.4. The molecule has 4 atom stereocenters. The van der Waals surface area contributed by atoms with E-state index in [-0.39, 0.29) is 5.41 Å². The second-order valence-electron chi connectivity index (χ2n) is 12.0. The maximum Gasteiger partial charge on any atom is 0.341 e. The Morgan fingerprint density at radius 2 is 1.81 bits per heavy atom. The van der Waals surface area contributed by atoms with Gasteiger partial charge < -0.3 is 9.47 Å². The van der Waals surface area contributed by atoms with Gasteiger partial charge in [0.05, 0.1) is 31.5 Å². The first kappa shape index (κ1) is 28.9. The monoisotopic (exact) mass is 652 g/mol. The van der Waals surface area contributed by atoms with Crippen LogP contribution in [0.15, 0.2) is 53.0 Å². The molecule has 4 unspecified atom stereocenters. The zero-order valence-corrected chi connectivity index (χ0v) is 26.6. The average Bonchev–Trinajstić information content (AvgIpc) is 3.62. The van der Waals surface area contributed by atoms with Gasteiger partial charge in [0.1, 0.15) is 16.7 Å². The summed E-state index contributed by atoms with van der Waals surface area (Å²) in [7, 11) is 2.90. The Labute approximate surface area is 257 Å². The highest BCUT2D eigenvalue weighted by atomic mass is 79.9. The lowest BCUT2D eigenvalue weighted by Gasteiger charge is -2.33. The topological polar surface area (TPSA) is 85.4 Å². The van der Waals surface area contributed by atoms with Crippen LogP contribution < -0.4 is 14.7 Å². The third kappa shape index (κ3) is 4.64. The van der Waals surface area contributed by atoms with E-state index < -0.39 is 35.8 Å². The summed E-state index contributed by atoms with van der Waals surface area (Å²) in [5, 5.41) is 1.97. The second kappa shape index (κ2) is 10.8. The minimum Gasteiger partial charge on any atom is -0.496 e. The number of carbonyl (C=O) groups excluding carboxylic acids is 3. The number of esters is 1. The fourth-order valence-corrected chi connectivity index (χ4v) is 8.25. The highest BCUT2D eigenvalue weighted by molar-refractivity contribution is 9.10. The Morgan fingerprint density at radius 3 is 2.48 bits per heavy atom. The number of fused-ring (bicyclic) bond motifs is 2. The fraction of sp³-hybridized carbons (Fsp3) is 0.406. The molecule has 2 fully saturated rings. The van der Waals surface area contributed by atoms with Crippen LogP contribution in [0, 0.1) is 17.3 Å². The van der Waals surface area contributed by atoms with Crippen molar-refractivity contribution in [3.05, 3.63) is 74.6 Å². The van der Waals surface area contributed by atoms with E-state index in [2.05, 4.69) is 36.7 Å². The number of hydrogen-bond acceptors (Lipinski definition) is 8. The smallest absolute Gasteiger partial charge is 0.341 e. The Hall–Kier alpha value is -3.21. The van der Waals surface area contributed by atoms with Gasteiger partial charge >= 0.3 is 5.97 Å². The molecule has 2 saturated heterocycles. The maximum atomic E-state index is 14.4. The van der Waals surface area contributed by atoms with Gasteiger partial charge in [-0.2, -0.15) is 0 Å². The summed E-state index contributed by atoms with van der Waals surface area (Å²) in [4.78, 5) is 50.3. The number of rotatable bonds is 5. The van der Waals surface area contributed by atoms with Crippen molar-refractivity contribution in [3.63, 3.8) is 0 Å². The number of para-hydroxylation sites is 1. The van der Waals surface area contributed by atoms with Crippen LogP contribution in [0.25, 0.3) is 0 Å². The van der Waals surface area contributed by atoms with Crippen LogP contribution in [-0.4, -0.2) is 38.1 Å². The Balaban J connectivity index is 1.46. The van der Waals surface area contributed by atoms with Crippen LogP contribution in [0.2, 0.25) is 0 Å². The molecule has 3 aromatic rings. The van der Waals surface area contributed by atoms with Gasteiger partial charge in [0.15, 0.2) is 6.10 Å². The van der Waals surface area contributed by atoms with Crippen molar-refractivity contribution < 1.29 is 28.7 Å². The van der Waals surface area contributed by atoms with Crippen molar-refractivity contribution in [3.8, 4) is 5.75 Å². The van der Waals surface area contributed by atoms with Crippen LogP contribution in [-0.2, 0) is 32.0 Å². The summed E-state index contributed by atoms with van der Waals surface area (Å²) in [5.74, 6) is -1.31. The number of carbonyl (C=O) groups is 3. The summed E-state index contributed by atoms with van der Waals surface area (Å²) in [6.45, 7) is 6.66. The molecule has 0 radical (unpaired) electrons. The molecule has 0 N–H and O–H groups in total. The quantitative estimate of drug-likeness (QED) is 0.229. The molecule has 3 heterocycles. The van der Waals surface area contributed by atoms with Crippen molar-refractivity contribution in [2.75, 3.05) is 24.2 Å². The van der Waals surface area contributed by atoms with E-state index in [1.807, 2.05) is 48.5 Å². The molecule has 2 amide bonds. The maximum absolute atomic E-state index is 14.4. The largest absolute Gasteiger partial charge is 0.496 e. The van der Waals surface area contributed by atoms with Gasteiger partial charge in [0.2, 0.25) is 5.91 Å². The highest BCUT2D eigenvalue weighted by Gasteiger charge is 2.61. The van der Waals surface area contributed by atoms with Crippen LogP contribution in [0.1, 0.15) is 59.6 Å². The summed E-state index contributed by atoms with van der Waals surface area (Å²) >= 11 is 4.91. The van der Waals surface area contributed by atoms with Crippen molar-refractivity contribution in [1.29, 1.82) is 0 Å². The molecule has 0 bridgehead atoms. The van der Waals surface area contributed by atoms with E-state index in [0.29, 0.717) is 39.9 Å². The summed E-state index contributed by atoms with van der Waals surface area (Å²) in [5.41, 5.74) is 2.72. The molecule has 6 rings (SSSR count). The highest BCUT2D eigenvalue weighted by Crippen LogP contribution is 2.52. The minimum absolute atomic E-state index is 0.0918. The number of hydrogen-bond donors (Lipinski definition) is 0. The summed E-state index contributed by atoms with van der Waals surface area (Å²) in [6.07, 6.45) is 1.33. The molecule has 2 aromatic carbocycles. The van der Waals surface area contributed by atoms with Crippen LogP contribution >= 0.6 is 27.3 Å². The van der Waals surface area contributed by atoms with Gasteiger partial charge in [-0.3, -0.25) is 14.4 Å². The Morgan fingerprint density at radius 1 is 1.07 bits per heavy atom. The standard InChI is InChI=1S/C32H33BrN2O6S/c1-32(2,3)17-11-13-20-23(15-17)42-30(24(20)31(38)40-5)34-28(36)25-26(21-16-18(33)12-14-22(21)39-4)35(41-27(25)29(34)37)19-9-7-6-8-10-19/h6-10,12,14,16-17,25-27H,11,13,15H2,1-5H3. The number of thiophene rings is 1. The molecular formula is C32H33BrN2O6S. The van der Waals surface area contributed by atoms with Gasteiger partial charge in [-0.25, -0.2) is 14.8 Å². The van der Waals surface area contributed by atoms with Gasteiger partial charge in [0.25, 0.3) is 5.91 Å². The van der Waals surface area contributed by atoms with Crippen LogP contribution in [0.5, 0.6) is 5.75 Å². The molecule has 2 aliphatic heterocycles. The first-order valence-electron chi connectivity index (χ1n) is 14.0. The second-order valence-corrected chi connectivity index (χ2v) is 14.0. The Bertz CT molecular complexity index is 1560. The van der Waals surface area contributed by atoms with Gasteiger partial charge in [-0.05, 0) is 66.5 Å². The number of ether oxygens (including phenoxy) is 2. The predicted molar refractivity (Wildman–Crippen MR) is 164 cm³/mol. The number of hydroxylamine groups is 1. The number of imide groups is 1. The van der Waals surface area contributed by atoms with Crippen molar-refractivity contribution in [2.24, 2.45) is 17.3 Å². The zero-order chi connectivity index (χ0) is 29.9. The summed E-state index contributed by atoms with van der Waals surface area (Å²) in [6, 6.07) is 14.3. The predicted octanol–water partition coefficient (Wildman–Crippen LogP) is 6.51. The van der Waals surface area contributed by atoms with E-state index in [4.69, 9.17) is 14.3 Å². The SMILES string of the molecule is COC(=O)c1c(N2C(=O)C3ON(c4ccccc4)C(c4cc(Br)ccc4OC)C3C2=O)sc2c1CCC(C(C)(C)C)C2. The van der Waals surface area contributed by atoms with Crippen molar-refractivity contribution in [1.82, 2.24) is 0 Å². The molecule has 1 aliphatic carbocycles. The number of anilines is 2. The molecule has 220 valence electrons.